The van der Waals surface area contributed by atoms with E-state index in [1.54, 1.807) is 12.0 Å². The van der Waals surface area contributed by atoms with Crippen LogP contribution in [-0.2, 0) is 14.3 Å². The van der Waals surface area contributed by atoms with Crippen molar-refractivity contribution in [3.63, 3.8) is 0 Å². The van der Waals surface area contributed by atoms with Crippen molar-refractivity contribution in [1.29, 1.82) is 0 Å². The van der Waals surface area contributed by atoms with Crippen molar-refractivity contribution >= 4 is 11.9 Å². The number of carboxylic acid groups (broad SMARTS) is 1. The van der Waals surface area contributed by atoms with Crippen LogP contribution in [0.4, 0.5) is 0 Å². The van der Waals surface area contributed by atoms with Crippen LogP contribution in [0.15, 0.2) is 0 Å². The highest BCUT2D eigenvalue weighted by Gasteiger charge is 2.40. The van der Waals surface area contributed by atoms with E-state index < -0.39 is 11.9 Å². The summed E-state index contributed by atoms with van der Waals surface area (Å²) in [5.41, 5.74) is -0.271. The number of hydrogen-bond donors (Lipinski definition) is 1. The van der Waals surface area contributed by atoms with Gasteiger partial charge >= 0.3 is 5.97 Å². The van der Waals surface area contributed by atoms with E-state index in [1.165, 1.54) is 0 Å². The average molecular weight is 255 g/mol. The molecular formula is C13H21NO4. The van der Waals surface area contributed by atoms with E-state index in [-0.39, 0.29) is 11.5 Å². The maximum atomic E-state index is 12.2. The molecule has 0 aromatic heterocycles. The second kappa shape index (κ2) is 5.26. The largest absolute Gasteiger partial charge is 0.481 e. The Morgan fingerprint density at radius 2 is 2.11 bits per heavy atom. The highest BCUT2D eigenvalue weighted by Crippen LogP contribution is 2.38. The van der Waals surface area contributed by atoms with Gasteiger partial charge in [-0.1, -0.05) is 0 Å². The number of carbonyl (C=O) groups excluding carboxylic acids is 1. The predicted octanol–water partition coefficient (Wildman–Crippen LogP) is 1.27. The summed E-state index contributed by atoms with van der Waals surface area (Å²) < 4.78 is 5.45. The lowest BCUT2D eigenvalue weighted by Crippen LogP contribution is -2.48. The first kappa shape index (κ1) is 13.3. The number of ether oxygens (including phenoxy) is 1. The number of carboxylic acids is 1. The molecule has 102 valence electrons. The van der Waals surface area contributed by atoms with Gasteiger partial charge in [0, 0.05) is 20.2 Å². The van der Waals surface area contributed by atoms with Gasteiger partial charge < -0.3 is 14.7 Å². The van der Waals surface area contributed by atoms with Crippen molar-refractivity contribution in [3.05, 3.63) is 0 Å². The third kappa shape index (κ3) is 2.66. The summed E-state index contributed by atoms with van der Waals surface area (Å²) in [4.78, 5) is 24.9. The van der Waals surface area contributed by atoms with Gasteiger partial charge in [-0.2, -0.15) is 0 Å². The van der Waals surface area contributed by atoms with Gasteiger partial charge in [0.1, 0.15) is 0 Å². The maximum absolute atomic E-state index is 12.2. The van der Waals surface area contributed by atoms with Crippen molar-refractivity contribution in [2.24, 2.45) is 5.92 Å². The fourth-order valence-corrected chi connectivity index (χ4v) is 2.82. The van der Waals surface area contributed by atoms with Gasteiger partial charge in [0.2, 0.25) is 5.91 Å². The Labute approximate surface area is 107 Å². The Hall–Kier alpha value is -1.10. The SMILES string of the molecule is COC1(CC(=O)N2CCCC(C(=O)O)C2)CCC1. The molecule has 0 aromatic rings. The van der Waals surface area contributed by atoms with Crippen LogP contribution in [0.3, 0.4) is 0 Å². The number of rotatable bonds is 4. The molecule has 0 aromatic carbocycles. The molecule has 0 spiro atoms. The van der Waals surface area contributed by atoms with E-state index in [0.717, 1.165) is 25.7 Å². The molecule has 1 aliphatic heterocycles. The first-order chi connectivity index (χ1) is 8.56. The van der Waals surface area contributed by atoms with Crippen molar-refractivity contribution in [3.8, 4) is 0 Å². The molecule has 0 bridgehead atoms. The number of piperidine rings is 1. The van der Waals surface area contributed by atoms with Crippen LogP contribution in [0.2, 0.25) is 0 Å². The Morgan fingerprint density at radius 1 is 1.39 bits per heavy atom. The van der Waals surface area contributed by atoms with Crippen LogP contribution in [0.5, 0.6) is 0 Å². The van der Waals surface area contributed by atoms with Crippen molar-refractivity contribution in [1.82, 2.24) is 4.90 Å². The van der Waals surface area contributed by atoms with E-state index >= 15 is 0 Å². The first-order valence-electron chi connectivity index (χ1n) is 6.62. The number of likely N-dealkylation sites (tertiary alicyclic amines) is 1. The van der Waals surface area contributed by atoms with E-state index in [9.17, 15) is 9.59 Å². The molecule has 1 amide bonds. The molecule has 1 N–H and O–H groups in total. The van der Waals surface area contributed by atoms with E-state index in [2.05, 4.69) is 0 Å². The number of hydrogen-bond acceptors (Lipinski definition) is 3. The molecule has 5 nitrogen and oxygen atoms in total. The van der Waals surface area contributed by atoms with Gasteiger partial charge in [0.25, 0.3) is 0 Å². The van der Waals surface area contributed by atoms with Crippen molar-refractivity contribution in [2.45, 2.75) is 44.1 Å². The standard InChI is InChI=1S/C13H21NO4/c1-18-13(5-3-6-13)8-11(15)14-7-2-4-10(9-14)12(16)17/h10H,2-9H2,1H3,(H,16,17). The molecule has 1 saturated heterocycles. The minimum Gasteiger partial charge on any atom is -0.481 e. The van der Waals surface area contributed by atoms with Gasteiger partial charge in [-0.3, -0.25) is 9.59 Å². The van der Waals surface area contributed by atoms with Crippen LogP contribution < -0.4 is 0 Å². The Balaban J connectivity index is 1.90. The van der Waals surface area contributed by atoms with Crippen LogP contribution in [-0.4, -0.2) is 47.7 Å². The molecule has 0 radical (unpaired) electrons. The molecule has 1 aliphatic carbocycles. The van der Waals surface area contributed by atoms with E-state index in [4.69, 9.17) is 9.84 Å². The summed E-state index contributed by atoms with van der Waals surface area (Å²) in [5, 5.41) is 9.01. The van der Waals surface area contributed by atoms with Crippen LogP contribution >= 0.6 is 0 Å². The third-order valence-corrected chi connectivity index (χ3v) is 4.29. The van der Waals surface area contributed by atoms with Gasteiger partial charge in [0.15, 0.2) is 0 Å². The van der Waals surface area contributed by atoms with Crippen molar-refractivity contribution < 1.29 is 19.4 Å². The molecule has 2 fully saturated rings. The molecular weight excluding hydrogens is 234 g/mol. The molecule has 5 heteroatoms. The Kier molecular flexibility index (Phi) is 3.90. The van der Waals surface area contributed by atoms with E-state index in [1.807, 2.05) is 0 Å². The summed E-state index contributed by atoms with van der Waals surface area (Å²) in [7, 11) is 1.66. The first-order valence-corrected chi connectivity index (χ1v) is 6.62. The van der Waals surface area contributed by atoms with E-state index in [0.29, 0.717) is 25.9 Å². The Bertz CT molecular complexity index is 332. The minimum absolute atomic E-state index is 0.0440. The quantitative estimate of drug-likeness (QED) is 0.821. The summed E-state index contributed by atoms with van der Waals surface area (Å²) in [6.45, 7) is 1.04. The maximum Gasteiger partial charge on any atom is 0.308 e. The van der Waals surface area contributed by atoms with Crippen LogP contribution in [0.25, 0.3) is 0 Å². The molecule has 1 atom stereocenters. The number of amides is 1. The number of carbonyl (C=O) groups is 2. The van der Waals surface area contributed by atoms with Crippen molar-refractivity contribution in [2.75, 3.05) is 20.2 Å². The summed E-state index contributed by atoms with van der Waals surface area (Å²) in [6, 6.07) is 0. The lowest BCUT2D eigenvalue weighted by Gasteiger charge is -2.42. The second-order valence-electron chi connectivity index (χ2n) is 5.43. The minimum atomic E-state index is -0.794. The number of nitrogens with zero attached hydrogens (tertiary/aromatic N) is 1. The molecule has 1 heterocycles. The highest BCUT2D eigenvalue weighted by molar-refractivity contribution is 5.79. The fraction of sp³-hybridized carbons (Fsp3) is 0.846. The van der Waals surface area contributed by atoms with Gasteiger partial charge in [-0.15, -0.1) is 0 Å². The smallest absolute Gasteiger partial charge is 0.308 e. The fourth-order valence-electron chi connectivity index (χ4n) is 2.82. The van der Waals surface area contributed by atoms with Crippen LogP contribution in [0, 0.1) is 5.92 Å². The summed E-state index contributed by atoms with van der Waals surface area (Å²) in [6.07, 6.45) is 4.84. The summed E-state index contributed by atoms with van der Waals surface area (Å²) in [5.74, 6) is -1.15. The lowest BCUT2D eigenvalue weighted by atomic mass is 9.77. The van der Waals surface area contributed by atoms with Gasteiger partial charge in [-0.25, -0.2) is 0 Å². The van der Waals surface area contributed by atoms with Crippen LogP contribution in [0.1, 0.15) is 38.5 Å². The Morgan fingerprint density at radius 3 is 2.61 bits per heavy atom. The third-order valence-electron chi connectivity index (χ3n) is 4.29. The number of aliphatic carboxylic acids is 1. The molecule has 2 rings (SSSR count). The predicted molar refractivity (Wildman–Crippen MR) is 65.1 cm³/mol. The molecule has 2 aliphatic rings. The normalized spacial score (nSPS) is 26.5. The van der Waals surface area contributed by atoms with Gasteiger partial charge in [0.05, 0.1) is 17.9 Å². The topological polar surface area (TPSA) is 66.8 Å². The van der Waals surface area contributed by atoms with Gasteiger partial charge in [-0.05, 0) is 32.1 Å². The molecule has 1 saturated carbocycles. The number of methoxy groups -OCH3 is 1. The zero-order chi connectivity index (χ0) is 13.2. The average Bonchev–Trinajstić information content (AvgIpc) is 2.33. The second-order valence-corrected chi connectivity index (χ2v) is 5.43. The zero-order valence-corrected chi connectivity index (χ0v) is 10.9. The monoisotopic (exact) mass is 255 g/mol. The summed E-state index contributed by atoms with van der Waals surface area (Å²) >= 11 is 0. The molecule has 1 unspecified atom stereocenters. The zero-order valence-electron chi connectivity index (χ0n) is 10.9. The lowest BCUT2D eigenvalue weighted by molar-refractivity contribution is -0.150. The highest BCUT2D eigenvalue weighted by atomic mass is 16.5. The molecule has 18 heavy (non-hydrogen) atoms.